The van der Waals surface area contributed by atoms with Crippen LogP contribution in [0.3, 0.4) is 0 Å². The van der Waals surface area contributed by atoms with Crippen LogP contribution in [0, 0.1) is 0 Å². The first kappa shape index (κ1) is 12.0. The predicted octanol–water partition coefficient (Wildman–Crippen LogP) is -0.167. The Labute approximate surface area is 79.8 Å². The second-order valence-corrected chi connectivity index (χ2v) is 2.31. The van der Waals surface area contributed by atoms with Crippen molar-refractivity contribution in [1.82, 2.24) is 0 Å². The highest BCUT2D eigenvalue weighted by Gasteiger charge is 1.94. The molecule has 6 nitrogen and oxygen atoms in total. The summed E-state index contributed by atoms with van der Waals surface area (Å²) in [4.78, 5) is 9.24. The van der Waals surface area contributed by atoms with Crippen molar-refractivity contribution >= 4 is 5.97 Å². The third kappa shape index (κ3) is 5.67. The highest BCUT2D eigenvalue weighted by molar-refractivity contribution is 5.68. The number of carboxylic acids is 1. The molecule has 0 amide bonds. The highest BCUT2D eigenvalue weighted by Crippen LogP contribution is 2.23. The number of hydrogen-bond donors (Lipinski definition) is 5. The summed E-state index contributed by atoms with van der Waals surface area (Å²) < 4.78 is 0. The molecule has 0 spiro atoms. The van der Waals surface area contributed by atoms with Crippen LogP contribution >= 0.6 is 0 Å². The number of benzene rings is 1. The van der Waals surface area contributed by atoms with Gasteiger partial charge in [0.2, 0.25) is 0 Å². The minimum Gasteiger partial charge on any atom is -0.508 e. The van der Waals surface area contributed by atoms with Crippen LogP contribution in [-0.2, 0) is 4.79 Å². The lowest BCUT2D eigenvalue weighted by Gasteiger charge is -1.94. The molecule has 0 saturated carbocycles. The molecule has 0 unspecified atom stereocenters. The number of nitrogens with two attached hydrogens (primary N) is 1. The van der Waals surface area contributed by atoms with E-state index in [1.807, 2.05) is 0 Å². The maximum absolute atomic E-state index is 9.24. The Kier molecular flexibility index (Phi) is 4.87. The van der Waals surface area contributed by atoms with E-state index in [1.54, 1.807) is 0 Å². The molecular formula is C8H11NO5. The largest absolute Gasteiger partial charge is 0.508 e. The van der Waals surface area contributed by atoms with Crippen LogP contribution in [-0.4, -0.2) is 32.9 Å². The summed E-state index contributed by atoms with van der Waals surface area (Å²) in [5.41, 5.74) is 4.57. The maximum Gasteiger partial charge on any atom is 0.317 e. The summed E-state index contributed by atoms with van der Waals surface area (Å²) in [5.74, 6) is -1.41. The van der Waals surface area contributed by atoms with E-state index >= 15 is 0 Å². The lowest BCUT2D eigenvalue weighted by molar-refractivity contribution is -0.135. The standard InChI is InChI=1S/C6H6O3.C2H5NO2/c7-4-1-5(8)3-6(9)2-4;3-1-2(4)5/h1-3,7-9H;1,3H2,(H,4,5). The van der Waals surface area contributed by atoms with E-state index in [1.165, 1.54) is 0 Å². The van der Waals surface area contributed by atoms with Gasteiger partial charge in [0.1, 0.15) is 17.2 Å². The topological polar surface area (TPSA) is 124 Å². The third-order valence-electron chi connectivity index (χ3n) is 1.06. The highest BCUT2D eigenvalue weighted by atomic mass is 16.4. The van der Waals surface area contributed by atoms with Crippen LogP contribution < -0.4 is 5.73 Å². The van der Waals surface area contributed by atoms with Crippen molar-refractivity contribution in [2.45, 2.75) is 0 Å². The Morgan fingerprint density at radius 3 is 1.43 bits per heavy atom. The van der Waals surface area contributed by atoms with E-state index in [0.717, 1.165) is 18.2 Å². The average molecular weight is 201 g/mol. The number of carbonyl (C=O) groups is 1. The molecule has 0 aliphatic heterocycles. The number of phenols is 3. The number of rotatable bonds is 1. The van der Waals surface area contributed by atoms with E-state index in [2.05, 4.69) is 5.73 Å². The van der Waals surface area contributed by atoms with Gasteiger partial charge in [-0.1, -0.05) is 0 Å². The van der Waals surface area contributed by atoms with Crippen LogP contribution in [0.1, 0.15) is 0 Å². The first-order valence-corrected chi connectivity index (χ1v) is 3.59. The minimum atomic E-state index is -0.968. The van der Waals surface area contributed by atoms with E-state index < -0.39 is 5.97 Å². The molecule has 6 heteroatoms. The minimum absolute atomic E-state index is 0.146. The van der Waals surface area contributed by atoms with Crippen molar-refractivity contribution in [3.05, 3.63) is 18.2 Å². The first-order valence-electron chi connectivity index (χ1n) is 3.59. The molecule has 0 aromatic heterocycles. The summed E-state index contributed by atoms with van der Waals surface area (Å²) in [7, 11) is 0. The van der Waals surface area contributed by atoms with Gasteiger partial charge in [-0.25, -0.2) is 0 Å². The molecule has 0 aliphatic carbocycles. The zero-order valence-electron chi connectivity index (χ0n) is 7.21. The molecule has 6 N–H and O–H groups in total. The fraction of sp³-hybridized carbons (Fsp3) is 0.125. The van der Waals surface area contributed by atoms with Crippen LogP contribution in [0.5, 0.6) is 17.2 Å². The van der Waals surface area contributed by atoms with Gasteiger partial charge in [-0.2, -0.15) is 0 Å². The molecule has 0 fully saturated rings. The van der Waals surface area contributed by atoms with Gasteiger partial charge in [-0.05, 0) is 0 Å². The summed E-state index contributed by atoms with van der Waals surface area (Å²) in [6.07, 6.45) is 0. The van der Waals surface area contributed by atoms with Gasteiger partial charge in [0.05, 0.1) is 6.54 Å². The van der Waals surface area contributed by atoms with Crippen molar-refractivity contribution in [3.63, 3.8) is 0 Å². The van der Waals surface area contributed by atoms with E-state index in [0.29, 0.717) is 0 Å². The van der Waals surface area contributed by atoms with Gasteiger partial charge in [-0.3, -0.25) is 4.79 Å². The summed E-state index contributed by atoms with van der Waals surface area (Å²) in [6, 6.07) is 3.42. The molecule has 0 saturated heterocycles. The van der Waals surface area contributed by atoms with Gasteiger partial charge in [0, 0.05) is 18.2 Å². The third-order valence-corrected chi connectivity index (χ3v) is 1.06. The molecular weight excluding hydrogens is 190 g/mol. The van der Waals surface area contributed by atoms with Crippen LogP contribution in [0.25, 0.3) is 0 Å². The zero-order chi connectivity index (χ0) is 11.1. The molecule has 0 aliphatic rings. The van der Waals surface area contributed by atoms with Gasteiger partial charge in [0.15, 0.2) is 0 Å². The zero-order valence-corrected chi connectivity index (χ0v) is 7.21. The van der Waals surface area contributed by atoms with Gasteiger partial charge >= 0.3 is 5.97 Å². The van der Waals surface area contributed by atoms with Crippen molar-refractivity contribution in [2.24, 2.45) is 5.73 Å². The predicted molar refractivity (Wildman–Crippen MR) is 48.1 cm³/mol. The lowest BCUT2D eigenvalue weighted by atomic mass is 10.3. The quantitative estimate of drug-likeness (QED) is 0.429. The Hall–Kier alpha value is -1.95. The number of aromatic hydroxyl groups is 3. The monoisotopic (exact) mass is 201 g/mol. The molecule has 0 bridgehead atoms. The Morgan fingerprint density at radius 1 is 1.07 bits per heavy atom. The van der Waals surface area contributed by atoms with Gasteiger partial charge in [-0.15, -0.1) is 0 Å². The molecule has 0 radical (unpaired) electrons. The summed E-state index contributed by atoms with van der Waals surface area (Å²) in [6.45, 7) is -0.278. The normalized spacial score (nSPS) is 8.64. The van der Waals surface area contributed by atoms with Crippen molar-refractivity contribution in [3.8, 4) is 17.2 Å². The van der Waals surface area contributed by atoms with Crippen LogP contribution in [0.2, 0.25) is 0 Å². The van der Waals surface area contributed by atoms with E-state index in [4.69, 9.17) is 20.4 Å². The van der Waals surface area contributed by atoms with Crippen LogP contribution in [0.4, 0.5) is 0 Å². The van der Waals surface area contributed by atoms with Crippen molar-refractivity contribution in [1.29, 1.82) is 0 Å². The second kappa shape index (κ2) is 5.65. The molecule has 1 aromatic carbocycles. The van der Waals surface area contributed by atoms with E-state index in [9.17, 15) is 4.79 Å². The molecule has 14 heavy (non-hydrogen) atoms. The molecule has 78 valence electrons. The van der Waals surface area contributed by atoms with E-state index in [-0.39, 0.29) is 23.8 Å². The fourth-order valence-corrected chi connectivity index (χ4v) is 0.580. The lowest BCUT2D eigenvalue weighted by Crippen LogP contribution is -2.10. The molecule has 1 aromatic rings. The maximum atomic E-state index is 9.24. The average Bonchev–Trinajstić information content (AvgIpc) is 2.02. The van der Waals surface area contributed by atoms with Gasteiger partial charge in [0.25, 0.3) is 0 Å². The molecule has 0 atom stereocenters. The molecule has 0 heterocycles. The number of aliphatic carboxylic acids is 1. The fourth-order valence-electron chi connectivity index (χ4n) is 0.580. The Morgan fingerprint density at radius 2 is 1.29 bits per heavy atom. The smallest absolute Gasteiger partial charge is 0.317 e. The van der Waals surface area contributed by atoms with Crippen molar-refractivity contribution < 1.29 is 25.2 Å². The Bertz CT molecular complexity index is 262. The number of hydrogen-bond acceptors (Lipinski definition) is 5. The number of phenolic OH excluding ortho intramolecular Hbond substituents is 3. The van der Waals surface area contributed by atoms with Crippen molar-refractivity contribution in [2.75, 3.05) is 6.54 Å². The summed E-state index contributed by atoms with van der Waals surface area (Å²) >= 11 is 0. The van der Waals surface area contributed by atoms with Gasteiger partial charge < -0.3 is 26.2 Å². The number of carboxylic acid groups (broad SMARTS) is 1. The SMILES string of the molecule is NCC(=O)O.Oc1cc(O)cc(O)c1. The first-order chi connectivity index (χ1) is 6.45. The second-order valence-electron chi connectivity index (χ2n) is 2.31. The Balaban J connectivity index is 0.000000292. The van der Waals surface area contributed by atoms with Crippen LogP contribution in [0.15, 0.2) is 18.2 Å². The molecule has 1 rings (SSSR count). The summed E-state index contributed by atoms with van der Waals surface area (Å²) in [5, 5.41) is 33.6.